The molecule has 2 fully saturated rings. The van der Waals surface area contributed by atoms with Crippen molar-refractivity contribution < 1.29 is 33.8 Å². The Bertz CT molecular complexity index is 1390. The van der Waals surface area contributed by atoms with Crippen LogP contribution in [0.3, 0.4) is 0 Å². The summed E-state index contributed by atoms with van der Waals surface area (Å²) in [5.41, 5.74) is 0.489. The van der Waals surface area contributed by atoms with E-state index in [1.807, 2.05) is 23.1 Å². The highest BCUT2D eigenvalue weighted by molar-refractivity contribution is 5.94. The molecule has 14 nitrogen and oxygen atoms in total. The fourth-order valence-corrected chi connectivity index (χ4v) is 6.37. The number of benzene rings is 1. The van der Waals surface area contributed by atoms with Gasteiger partial charge in [0.25, 0.3) is 5.91 Å². The van der Waals surface area contributed by atoms with Crippen LogP contribution in [0.1, 0.15) is 38.2 Å². The third kappa shape index (κ3) is 7.80. The third-order valence-electron chi connectivity index (χ3n) is 8.94. The maximum atomic E-state index is 13.3. The summed E-state index contributed by atoms with van der Waals surface area (Å²) in [7, 11) is 0. The van der Waals surface area contributed by atoms with Crippen LogP contribution in [0.2, 0.25) is 0 Å². The van der Waals surface area contributed by atoms with Crippen LogP contribution in [0.15, 0.2) is 43.0 Å². The molecular weight excluding hydrogens is 582 g/mol. The van der Waals surface area contributed by atoms with Crippen molar-refractivity contribution in [3.63, 3.8) is 0 Å². The van der Waals surface area contributed by atoms with Gasteiger partial charge >= 0.3 is 0 Å². The number of aromatic nitrogens is 2. The van der Waals surface area contributed by atoms with Crippen molar-refractivity contribution in [3.8, 4) is 5.75 Å². The topological polar surface area (TPSA) is 175 Å². The SMILES string of the molecule is C[C@@H]1NC(=O)COc2cccc(c2)CC2(CCN(C(=O)Cn3ccnc3)CC2)CNC(=O)[C@H](CO)NC(=O)[C@@H]2CCCN2C1=O. The molecule has 1 aromatic heterocycles. The molecule has 3 aliphatic rings. The van der Waals surface area contributed by atoms with Crippen LogP contribution in [0, 0.1) is 5.41 Å². The minimum atomic E-state index is -1.21. The van der Waals surface area contributed by atoms with E-state index in [1.165, 1.54) is 4.90 Å². The summed E-state index contributed by atoms with van der Waals surface area (Å²) in [5, 5.41) is 18.3. The summed E-state index contributed by atoms with van der Waals surface area (Å²) < 4.78 is 7.50. The number of imidazole rings is 1. The van der Waals surface area contributed by atoms with Crippen LogP contribution in [0.5, 0.6) is 5.75 Å². The van der Waals surface area contributed by atoms with Crippen LogP contribution >= 0.6 is 0 Å². The quantitative estimate of drug-likeness (QED) is 0.344. The number of rotatable bonds is 3. The van der Waals surface area contributed by atoms with Gasteiger partial charge in [-0.05, 0) is 62.1 Å². The summed E-state index contributed by atoms with van der Waals surface area (Å²) in [6.07, 6.45) is 7.71. The van der Waals surface area contributed by atoms with Crippen LogP contribution < -0.4 is 20.7 Å². The van der Waals surface area contributed by atoms with Crippen molar-refractivity contribution in [1.29, 1.82) is 0 Å². The Balaban J connectivity index is 1.36. The first kappa shape index (κ1) is 31.9. The predicted molar refractivity (Wildman–Crippen MR) is 160 cm³/mol. The Hall–Kier alpha value is -4.46. The monoisotopic (exact) mass is 623 g/mol. The molecule has 0 saturated carbocycles. The number of likely N-dealkylation sites (tertiary alicyclic amines) is 1. The number of carbonyl (C=O) groups is 5. The van der Waals surface area contributed by atoms with Crippen molar-refractivity contribution >= 4 is 29.5 Å². The van der Waals surface area contributed by atoms with Gasteiger partial charge in [-0.1, -0.05) is 12.1 Å². The number of piperidine rings is 1. The molecule has 5 amide bonds. The van der Waals surface area contributed by atoms with Crippen molar-refractivity contribution in [2.75, 3.05) is 39.4 Å². The minimum Gasteiger partial charge on any atom is -0.484 e. The standard InChI is InChI=1S/C31H41N7O7/c1-21-30(44)38-10-3-6-25(38)29(43)35-24(17-39)28(42)33-19-31(15-22-4-2-5-23(14-22)45-18-26(40)34-21)7-11-37(12-8-31)27(41)16-36-13-9-32-20-36/h2,4-5,9,13-14,20-21,24-25,39H,3,6-8,10-12,15-19H2,1H3,(H,33,42)(H,34,40)(H,35,43)/t21-,24-,25-/m0/s1. The van der Waals surface area contributed by atoms with Crippen molar-refractivity contribution in [3.05, 3.63) is 48.5 Å². The fourth-order valence-electron chi connectivity index (χ4n) is 6.37. The fraction of sp³-hybridized carbons (Fsp3) is 0.548. The average molecular weight is 624 g/mol. The molecule has 0 unspecified atom stereocenters. The highest BCUT2D eigenvalue weighted by atomic mass is 16.5. The van der Waals surface area contributed by atoms with E-state index in [4.69, 9.17) is 4.74 Å². The number of carbonyl (C=O) groups excluding carboxylic acids is 5. The number of hydrogen-bond acceptors (Lipinski definition) is 8. The van der Waals surface area contributed by atoms with Gasteiger partial charge in [0, 0.05) is 38.6 Å². The van der Waals surface area contributed by atoms with Gasteiger partial charge in [0.1, 0.15) is 30.4 Å². The first-order valence-corrected chi connectivity index (χ1v) is 15.4. The van der Waals surface area contributed by atoms with Crippen LogP contribution in [0.4, 0.5) is 0 Å². The number of nitrogens with zero attached hydrogens (tertiary/aromatic N) is 4. The van der Waals surface area contributed by atoms with E-state index in [1.54, 1.807) is 36.3 Å². The van der Waals surface area contributed by atoms with Gasteiger partial charge in [0.05, 0.1) is 12.9 Å². The predicted octanol–water partition coefficient (Wildman–Crippen LogP) is -0.784. The Kier molecular flexibility index (Phi) is 10.0. The zero-order valence-corrected chi connectivity index (χ0v) is 25.4. The molecule has 2 aromatic rings. The van der Waals surface area contributed by atoms with Gasteiger partial charge in [0.15, 0.2) is 6.61 Å². The number of nitrogens with one attached hydrogen (secondary N) is 3. The molecule has 1 aromatic carbocycles. The van der Waals surface area contributed by atoms with E-state index in [0.29, 0.717) is 57.5 Å². The number of fused-ring (bicyclic) bond motifs is 3. The Morgan fingerprint density at radius 2 is 1.91 bits per heavy atom. The van der Waals surface area contributed by atoms with E-state index < -0.39 is 53.8 Å². The van der Waals surface area contributed by atoms with Crippen LogP contribution in [-0.4, -0.2) is 112 Å². The second kappa shape index (κ2) is 14.1. The Labute approximate surface area is 261 Å². The summed E-state index contributed by atoms with van der Waals surface area (Å²) in [6, 6.07) is 4.45. The molecule has 242 valence electrons. The molecule has 45 heavy (non-hydrogen) atoms. The first-order chi connectivity index (χ1) is 21.7. The lowest BCUT2D eigenvalue weighted by Crippen LogP contribution is -2.57. The van der Waals surface area contributed by atoms with Crippen molar-refractivity contribution in [1.82, 2.24) is 35.3 Å². The van der Waals surface area contributed by atoms with Crippen LogP contribution in [0.25, 0.3) is 0 Å². The molecule has 2 saturated heterocycles. The lowest BCUT2D eigenvalue weighted by atomic mass is 9.73. The first-order valence-electron chi connectivity index (χ1n) is 15.4. The van der Waals surface area contributed by atoms with Gasteiger partial charge in [-0.15, -0.1) is 0 Å². The zero-order chi connectivity index (χ0) is 32.0. The molecule has 0 aliphatic carbocycles. The molecule has 4 heterocycles. The summed E-state index contributed by atoms with van der Waals surface area (Å²) in [4.78, 5) is 72.6. The second-order valence-electron chi connectivity index (χ2n) is 12.2. The van der Waals surface area contributed by atoms with Crippen LogP contribution in [-0.2, 0) is 36.9 Å². The number of ether oxygens (including phenoxy) is 1. The van der Waals surface area contributed by atoms with E-state index in [9.17, 15) is 29.1 Å². The van der Waals surface area contributed by atoms with Gasteiger partial charge in [0.2, 0.25) is 23.6 Å². The van der Waals surface area contributed by atoms with Crippen molar-refractivity contribution in [2.45, 2.75) is 63.7 Å². The normalized spacial score (nSPS) is 24.8. The average Bonchev–Trinajstić information content (AvgIpc) is 3.74. The van der Waals surface area contributed by atoms with Gasteiger partial charge in [-0.2, -0.15) is 0 Å². The van der Waals surface area contributed by atoms with Crippen molar-refractivity contribution in [2.24, 2.45) is 5.41 Å². The molecule has 3 atom stereocenters. The van der Waals surface area contributed by atoms with Gasteiger partial charge in [-0.25, -0.2) is 4.98 Å². The lowest BCUT2D eigenvalue weighted by Gasteiger charge is -2.42. The Morgan fingerprint density at radius 1 is 1.11 bits per heavy atom. The maximum Gasteiger partial charge on any atom is 0.258 e. The lowest BCUT2D eigenvalue weighted by molar-refractivity contribution is -0.142. The summed E-state index contributed by atoms with van der Waals surface area (Å²) in [6.45, 7) is 2.40. The Morgan fingerprint density at radius 3 is 2.64 bits per heavy atom. The third-order valence-corrected chi connectivity index (χ3v) is 8.94. The maximum absolute atomic E-state index is 13.3. The minimum absolute atomic E-state index is 0.0199. The number of amides is 5. The second-order valence-corrected chi connectivity index (χ2v) is 12.2. The molecule has 0 radical (unpaired) electrons. The zero-order valence-electron chi connectivity index (χ0n) is 25.4. The molecule has 2 bridgehead atoms. The molecule has 4 N–H and O–H groups in total. The molecule has 5 rings (SSSR count). The largest absolute Gasteiger partial charge is 0.484 e. The number of hydrogen-bond donors (Lipinski definition) is 4. The molecule has 1 spiro atoms. The van der Waals surface area contributed by atoms with Gasteiger partial charge in [-0.3, -0.25) is 24.0 Å². The molecular formula is C31H41N7O7. The van der Waals surface area contributed by atoms with E-state index in [2.05, 4.69) is 20.9 Å². The van der Waals surface area contributed by atoms with E-state index >= 15 is 0 Å². The molecule has 14 heteroatoms. The highest BCUT2D eigenvalue weighted by Gasteiger charge is 2.39. The molecule has 3 aliphatic heterocycles. The number of aliphatic hydroxyl groups excluding tert-OH is 1. The van der Waals surface area contributed by atoms with E-state index in [0.717, 1.165) is 5.56 Å². The van der Waals surface area contributed by atoms with Gasteiger partial charge < -0.3 is 40.2 Å². The highest BCUT2D eigenvalue weighted by Crippen LogP contribution is 2.36. The number of aliphatic hydroxyl groups is 1. The van der Waals surface area contributed by atoms with E-state index in [-0.39, 0.29) is 25.6 Å². The smallest absolute Gasteiger partial charge is 0.258 e. The summed E-state index contributed by atoms with van der Waals surface area (Å²) >= 11 is 0. The summed E-state index contributed by atoms with van der Waals surface area (Å²) in [5.74, 6) is -1.49.